The molecule has 0 bridgehead atoms. The highest BCUT2D eigenvalue weighted by Gasteiger charge is 2.12. The fourth-order valence-electron chi connectivity index (χ4n) is 1.24. The van der Waals surface area contributed by atoms with Crippen molar-refractivity contribution in [3.8, 4) is 0 Å². The SMILES string of the molecule is CC(C)(C)SCc1cc(F)cc(/C(N)=N/O)c1. The van der Waals surface area contributed by atoms with Crippen LogP contribution >= 0.6 is 11.8 Å². The molecule has 17 heavy (non-hydrogen) atoms. The van der Waals surface area contributed by atoms with Crippen molar-refractivity contribution in [2.24, 2.45) is 10.9 Å². The van der Waals surface area contributed by atoms with Crippen LogP contribution in [0.3, 0.4) is 0 Å². The lowest BCUT2D eigenvalue weighted by molar-refractivity contribution is 0.318. The number of benzene rings is 1. The molecule has 1 aromatic rings. The predicted molar refractivity (Wildman–Crippen MR) is 70.0 cm³/mol. The van der Waals surface area contributed by atoms with E-state index in [1.165, 1.54) is 12.1 Å². The Hall–Kier alpha value is -1.23. The Kier molecular flexibility index (Phi) is 4.40. The summed E-state index contributed by atoms with van der Waals surface area (Å²) in [5.74, 6) is 0.234. The minimum Gasteiger partial charge on any atom is -0.409 e. The Labute approximate surface area is 105 Å². The molecule has 0 aliphatic rings. The van der Waals surface area contributed by atoms with Gasteiger partial charge in [-0.15, -0.1) is 0 Å². The zero-order valence-corrected chi connectivity index (χ0v) is 11.0. The Morgan fingerprint density at radius 1 is 1.41 bits per heavy atom. The van der Waals surface area contributed by atoms with Crippen LogP contribution in [0.5, 0.6) is 0 Å². The minimum absolute atomic E-state index is 0.0773. The molecule has 0 aromatic heterocycles. The van der Waals surface area contributed by atoms with Gasteiger partial charge in [0, 0.05) is 16.1 Å². The largest absolute Gasteiger partial charge is 0.409 e. The average Bonchev–Trinajstić information content (AvgIpc) is 2.23. The third kappa shape index (κ3) is 4.65. The molecule has 5 heteroatoms. The van der Waals surface area contributed by atoms with Crippen molar-refractivity contribution in [3.63, 3.8) is 0 Å². The van der Waals surface area contributed by atoms with Crippen LogP contribution in [0, 0.1) is 5.82 Å². The van der Waals surface area contributed by atoms with Gasteiger partial charge in [0.1, 0.15) is 5.82 Å². The smallest absolute Gasteiger partial charge is 0.170 e. The van der Waals surface area contributed by atoms with Crippen LogP contribution in [0.25, 0.3) is 0 Å². The van der Waals surface area contributed by atoms with Gasteiger partial charge >= 0.3 is 0 Å². The summed E-state index contributed by atoms with van der Waals surface area (Å²) in [6.07, 6.45) is 0. The Bertz CT molecular complexity index is 427. The molecule has 1 aromatic carbocycles. The standard InChI is InChI=1S/C12H17FN2OS/c1-12(2,3)17-7-8-4-9(11(14)15-16)6-10(13)5-8/h4-6,16H,7H2,1-3H3,(H2,14,15). The normalized spacial score (nSPS) is 12.8. The van der Waals surface area contributed by atoms with Gasteiger partial charge in [0.25, 0.3) is 0 Å². The first kappa shape index (κ1) is 13.8. The highest BCUT2D eigenvalue weighted by atomic mass is 32.2. The van der Waals surface area contributed by atoms with Crippen molar-refractivity contribution in [1.82, 2.24) is 0 Å². The van der Waals surface area contributed by atoms with E-state index in [0.717, 1.165) is 5.56 Å². The van der Waals surface area contributed by atoms with Crippen LogP contribution in [0.2, 0.25) is 0 Å². The van der Waals surface area contributed by atoms with Crippen LogP contribution in [0.4, 0.5) is 4.39 Å². The third-order valence-corrected chi connectivity index (χ3v) is 3.38. The van der Waals surface area contributed by atoms with Crippen molar-refractivity contribution in [2.75, 3.05) is 0 Å². The van der Waals surface area contributed by atoms with Crippen molar-refractivity contribution in [1.29, 1.82) is 0 Å². The number of nitrogens with two attached hydrogens (primary N) is 1. The molecular weight excluding hydrogens is 239 g/mol. The second-order valence-electron chi connectivity index (χ2n) is 4.73. The van der Waals surface area contributed by atoms with Gasteiger partial charge in [-0.1, -0.05) is 25.9 Å². The lowest BCUT2D eigenvalue weighted by Gasteiger charge is -2.17. The van der Waals surface area contributed by atoms with Gasteiger partial charge in [0.2, 0.25) is 0 Å². The van der Waals surface area contributed by atoms with Crippen LogP contribution in [-0.4, -0.2) is 15.8 Å². The van der Waals surface area contributed by atoms with Gasteiger partial charge in [-0.05, 0) is 23.8 Å². The zero-order chi connectivity index (χ0) is 13.1. The molecular formula is C12H17FN2OS. The predicted octanol–water partition coefficient (Wildman–Crippen LogP) is 2.95. The summed E-state index contributed by atoms with van der Waals surface area (Å²) in [4.78, 5) is 0. The summed E-state index contributed by atoms with van der Waals surface area (Å²) in [6.45, 7) is 6.30. The summed E-state index contributed by atoms with van der Waals surface area (Å²) < 4.78 is 13.5. The summed E-state index contributed by atoms with van der Waals surface area (Å²) in [5.41, 5.74) is 6.67. The molecule has 0 heterocycles. The van der Waals surface area contributed by atoms with E-state index in [1.54, 1.807) is 17.8 Å². The molecule has 3 nitrogen and oxygen atoms in total. The first-order valence-electron chi connectivity index (χ1n) is 5.23. The van der Waals surface area contributed by atoms with Gasteiger partial charge in [-0.25, -0.2) is 4.39 Å². The number of hydrogen-bond donors (Lipinski definition) is 2. The molecule has 0 saturated heterocycles. The second-order valence-corrected chi connectivity index (χ2v) is 6.54. The fourth-order valence-corrected chi connectivity index (χ4v) is 2.01. The Balaban J connectivity index is 2.90. The monoisotopic (exact) mass is 256 g/mol. The van der Waals surface area contributed by atoms with Crippen LogP contribution in [0.1, 0.15) is 31.9 Å². The van der Waals surface area contributed by atoms with Gasteiger partial charge in [0.05, 0.1) is 0 Å². The first-order valence-corrected chi connectivity index (χ1v) is 6.22. The number of hydrogen-bond acceptors (Lipinski definition) is 3. The molecule has 0 radical (unpaired) electrons. The summed E-state index contributed by atoms with van der Waals surface area (Å²) in [6, 6.07) is 4.45. The Morgan fingerprint density at radius 3 is 2.59 bits per heavy atom. The molecule has 0 aliphatic heterocycles. The minimum atomic E-state index is -0.376. The third-order valence-electron chi connectivity index (χ3n) is 2.03. The van der Waals surface area contributed by atoms with E-state index in [4.69, 9.17) is 10.9 Å². The topological polar surface area (TPSA) is 58.6 Å². The lowest BCUT2D eigenvalue weighted by Crippen LogP contribution is -2.14. The van der Waals surface area contributed by atoms with E-state index in [0.29, 0.717) is 11.3 Å². The van der Waals surface area contributed by atoms with Gasteiger partial charge < -0.3 is 10.9 Å². The first-order chi connectivity index (χ1) is 7.81. The van der Waals surface area contributed by atoms with Gasteiger partial charge in [0.15, 0.2) is 5.84 Å². The lowest BCUT2D eigenvalue weighted by atomic mass is 10.1. The van der Waals surface area contributed by atoms with E-state index in [9.17, 15) is 4.39 Å². The number of halogens is 1. The van der Waals surface area contributed by atoms with Crippen LogP contribution < -0.4 is 5.73 Å². The van der Waals surface area contributed by atoms with Crippen molar-refractivity contribution < 1.29 is 9.60 Å². The number of nitrogens with zero attached hydrogens (tertiary/aromatic N) is 1. The van der Waals surface area contributed by atoms with Crippen molar-refractivity contribution in [2.45, 2.75) is 31.3 Å². The van der Waals surface area contributed by atoms with Gasteiger partial charge in [-0.3, -0.25) is 0 Å². The molecule has 0 fully saturated rings. The second kappa shape index (κ2) is 5.40. The van der Waals surface area contributed by atoms with E-state index in [2.05, 4.69) is 25.9 Å². The maximum atomic E-state index is 13.3. The Morgan fingerprint density at radius 2 is 2.06 bits per heavy atom. The highest BCUT2D eigenvalue weighted by Crippen LogP contribution is 2.27. The molecule has 94 valence electrons. The molecule has 0 amide bonds. The molecule has 0 unspecified atom stereocenters. The van der Waals surface area contributed by atoms with E-state index in [-0.39, 0.29) is 16.4 Å². The van der Waals surface area contributed by atoms with E-state index < -0.39 is 0 Å². The molecule has 0 aliphatic carbocycles. The maximum absolute atomic E-state index is 13.3. The molecule has 1 rings (SSSR count). The molecule has 0 saturated carbocycles. The van der Waals surface area contributed by atoms with Crippen LogP contribution in [0.15, 0.2) is 23.4 Å². The molecule has 0 spiro atoms. The van der Waals surface area contributed by atoms with E-state index in [1.807, 2.05) is 0 Å². The highest BCUT2D eigenvalue weighted by molar-refractivity contribution is 7.99. The number of rotatable bonds is 3. The van der Waals surface area contributed by atoms with Crippen molar-refractivity contribution in [3.05, 3.63) is 35.1 Å². The van der Waals surface area contributed by atoms with Crippen LogP contribution in [-0.2, 0) is 5.75 Å². The number of amidine groups is 1. The zero-order valence-electron chi connectivity index (χ0n) is 10.2. The average molecular weight is 256 g/mol. The number of thioether (sulfide) groups is 1. The fraction of sp³-hybridized carbons (Fsp3) is 0.417. The summed E-state index contributed by atoms with van der Waals surface area (Å²) in [5, 5.41) is 11.4. The number of oxime groups is 1. The summed E-state index contributed by atoms with van der Waals surface area (Å²) in [7, 11) is 0. The van der Waals surface area contributed by atoms with E-state index >= 15 is 0 Å². The quantitative estimate of drug-likeness (QED) is 0.378. The van der Waals surface area contributed by atoms with Gasteiger partial charge in [-0.2, -0.15) is 11.8 Å². The van der Waals surface area contributed by atoms with Crippen molar-refractivity contribution >= 4 is 17.6 Å². The molecule has 0 atom stereocenters. The summed E-state index contributed by atoms with van der Waals surface area (Å²) >= 11 is 1.71. The maximum Gasteiger partial charge on any atom is 0.170 e. The molecule has 3 N–H and O–H groups in total.